The fraction of sp³-hybridized carbons (Fsp3) is 0.263. The van der Waals surface area contributed by atoms with Crippen molar-refractivity contribution in [1.29, 1.82) is 0 Å². The first kappa shape index (κ1) is 19.1. The molecule has 0 heterocycles. The Morgan fingerprint density at radius 1 is 1.15 bits per heavy atom. The number of benzene rings is 2. The van der Waals surface area contributed by atoms with E-state index in [4.69, 9.17) is 5.11 Å². The minimum atomic E-state index is -1.13. The number of hydrogen-bond acceptors (Lipinski definition) is 4. The Bertz CT molecular complexity index is 805. The Hall–Kier alpha value is -3.22. The van der Waals surface area contributed by atoms with Gasteiger partial charge in [-0.1, -0.05) is 43.3 Å². The highest BCUT2D eigenvalue weighted by molar-refractivity contribution is 5.96. The summed E-state index contributed by atoms with van der Waals surface area (Å²) >= 11 is 0. The van der Waals surface area contributed by atoms with E-state index in [9.17, 15) is 19.7 Å². The van der Waals surface area contributed by atoms with E-state index >= 15 is 0 Å². The number of aliphatic carboxylic acids is 1. The van der Waals surface area contributed by atoms with E-state index in [1.54, 1.807) is 13.0 Å². The lowest BCUT2D eigenvalue weighted by Gasteiger charge is -2.21. The number of aryl methyl sites for hydroxylation is 1. The molecule has 0 aliphatic rings. The highest BCUT2D eigenvalue weighted by Gasteiger charge is 2.22. The Labute approximate surface area is 151 Å². The Balaban J connectivity index is 2.24. The summed E-state index contributed by atoms with van der Waals surface area (Å²) in [6, 6.07) is 13.7. The predicted molar refractivity (Wildman–Crippen MR) is 96.2 cm³/mol. The lowest BCUT2D eigenvalue weighted by Crippen LogP contribution is -2.37. The summed E-state index contributed by atoms with van der Waals surface area (Å²) in [6.45, 7) is 1.54. The van der Waals surface area contributed by atoms with Gasteiger partial charge in [-0.3, -0.25) is 19.7 Å². The Kier molecular flexibility index (Phi) is 6.43. The first-order chi connectivity index (χ1) is 12.4. The van der Waals surface area contributed by atoms with E-state index in [0.717, 1.165) is 5.56 Å². The third-order valence-corrected chi connectivity index (χ3v) is 4.04. The molecule has 0 fully saturated rings. The second-order valence-corrected chi connectivity index (χ2v) is 5.81. The van der Waals surface area contributed by atoms with Gasteiger partial charge in [0.15, 0.2) is 0 Å². The molecular formula is C19H20N2O5. The smallest absolute Gasteiger partial charge is 0.323 e. The van der Waals surface area contributed by atoms with Crippen LogP contribution in [0.3, 0.4) is 0 Å². The standard InChI is InChI=1S/C19H20N2O5/c1-2-15-8-9-16(12-17(15)21(25)26)19(24)20(13-18(22)23)11-10-14-6-4-3-5-7-14/h3-9,12H,2,10-11,13H2,1H3,(H,22,23). The monoisotopic (exact) mass is 356 g/mol. The molecule has 1 N–H and O–H groups in total. The van der Waals surface area contributed by atoms with Crippen LogP contribution in [0.25, 0.3) is 0 Å². The van der Waals surface area contributed by atoms with Crippen molar-refractivity contribution in [1.82, 2.24) is 4.90 Å². The normalized spacial score (nSPS) is 10.3. The summed E-state index contributed by atoms with van der Waals surface area (Å²) < 4.78 is 0. The molecule has 0 spiro atoms. The van der Waals surface area contributed by atoms with Crippen LogP contribution in [0.1, 0.15) is 28.4 Å². The molecule has 7 nitrogen and oxygen atoms in total. The van der Waals surface area contributed by atoms with E-state index in [2.05, 4.69) is 0 Å². The first-order valence-electron chi connectivity index (χ1n) is 8.24. The van der Waals surface area contributed by atoms with Gasteiger partial charge in [0.2, 0.25) is 0 Å². The van der Waals surface area contributed by atoms with Crippen LogP contribution in [0.5, 0.6) is 0 Å². The van der Waals surface area contributed by atoms with Gasteiger partial charge in [-0.05, 0) is 24.5 Å². The zero-order chi connectivity index (χ0) is 19.1. The number of rotatable bonds is 8. The molecule has 0 bridgehead atoms. The van der Waals surface area contributed by atoms with Crippen molar-refractivity contribution in [2.75, 3.05) is 13.1 Å². The van der Waals surface area contributed by atoms with E-state index < -0.39 is 23.3 Å². The highest BCUT2D eigenvalue weighted by atomic mass is 16.6. The van der Waals surface area contributed by atoms with Crippen molar-refractivity contribution in [3.8, 4) is 0 Å². The Morgan fingerprint density at radius 3 is 2.42 bits per heavy atom. The van der Waals surface area contributed by atoms with E-state index in [-0.39, 0.29) is 17.8 Å². The molecule has 2 aromatic carbocycles. The van der Waals surface area contributed by atoms with Gasteiger partial charge >= 0.3 is 5.97 Å². The molecule has 0 unspecified atom stereocenters. The average Bonchev–Trinajstić information content (AvgIpc) is 2.64. The van der Waals surface area contributed by atoms with Crippen LogP contribution in [0.2, 0.25) is 0 Å². The van der Waals surface area contributed by atoms with E-state index in [1.165, 1.54) is 17.0 Å². The summed E-state index contributed by atoms with van der Waals surface area (Å²) in [4.78, 5) is 35.7. The quantitative estimate of drug-likeness (QED) is 0.579. The topological polar surface area (TPSA) is 101 Å². The zero-order valence-electron chi connectivity index (χ0n) is 14.4. The summed E-state index contributed by atoms with van der Waals surface area (Å²) in [5.74, 6) is -1.67. The number of carbonyl (C=O) groups excluding carboxylic acids is 1. The van der Waals surface area contributed by atoms with Gasteiger partial charge in [0.25, 0.3) is 11.6 Å². The molecule has 1 amide bonds. The van der Waals surface area contributed by atoms with Crippen LogP contribution in [0, 0.1) is 10.1 Å². The summed E-state index contributed by atoms with van der Waals surface area (Å²) in [5.41, 5.74) is 1.49. The molecule has 7 heteroatoms. The molecule has 136 valence electrons. The minimum absolute atomic E-state index is 0.114. The third kappa shape index (κ3) is 4.89. The van der Waals surface area contributed by atoms with Crippen LogP contribution < -0.4 is 0 Å². The van der Waals surface area contributed by atoms with Gasteiger partial charge in [0.05, 0.1) is 4.92 Å². The number of nitro groups is 1. The highest BCUT2D eigenvalue weighted by Crippen LogP contribution is 2.22. The number of carboxylic acids is 1. The molecule has 0 saturated carbocycles. The fourth-order valence-corrected chi connectivity index (χ4v) is 2.67. The molecule has 2 rings (SSSR count). The lowest BCUT2D eigenvalue weighted by molar-refractivity contribution is -0.385. The minimum Gasteiger partial charge on any atom is -0.480 e. The number of nitrogens with zero attached hydrogens (tertiary/aromatic N) is 2. The third-order valence-electron chi connectivity index (χ3n) is 4.04. The van der Waals surface area contributed by atoms with Crippen molar-refractivity contribution in [2.24, 2.45) is 0 Å². The van der Waals surface area contributed by atoms with Crippen molar-refractivity contribution in [3.05, 3.63) is 75.3 Å². The summed E-state index contributed by atoms with van der Waals surface area (Å²) in [5, 5.41) is 20.3. The number of hydrogen-bond donors (Lipinski definition) is 1. The van der Waals surface area contributed by atoms with Crippen molar-refractivity contribution < 1.29 is 19.6 Å². The van der Waals surface area contributed by atoms with Crippen LogP contribution in [-0.4, -0.2) is 39.9 Å². The molecule has 0 aliphatic heterocycles. The van der Waals surface area contributed by atoms with Gasteiger partial charge in [-0.2, -0.15) is 0 Å². The second-order valence-electron chi connectivity index (χ2n) is 5.81. The second kappa shape index (κ2) is 8.75. The molecule has 0 radical (unpaired) electrons. The van der Waals surface area contributed by atoms with Crippen LogP contribution >= 0.6 is 0 Å². The van der Waals surface area contributed by atoms with Gasteiger partial charge in [0, 0.05) is 23.7 Å². The van der Waals surface area contributed by atoms with Gasteiger partial charge in [0.1, 0.15) is 6.54 Å². The fourth-order valence-electron chi connectivity index (χ4n) is 2.67. The average molecular weight is 356 g/mol. The van der Waals surface area contributed by atoms with Crippen molar-refractivity contribution in [2.45, 2.75) is 19.8 Å². The zero-order valence-corrected chi connectivity index (χ0v) is 14.4. The SMILES string of the molecule is CCc1ccc(C(=O)N(CCc2ccccc2)CC(=O)O)cc1[N+](=O)[O-]. The number of nitro benzene ring substituents is 1. The number of amides is 1. The molecular weight excluding hydrogens is 336 g/mol. The number of carboxylic acid groups (broad SMARTS) is 1. The van der Waals surface area contributed by atoms with Crippen LogP contribution in [0.15, 0.2) is 48.5 Å². The van der Waals surface area contributed by atoms with Crippen molar-refractivity contribution in [3.63, 3.8) is 0 Å². The maximum atomic E-state index is 12.7. The molecule has 26 heavy (non-hydrogen) atoms. The van der Waals surface area contributed by atoms with Crippen LogP contribution in [0.4, 0.5) is 5.69 Å². The Morgan fingerprint density at radius 2 is 1.85 bits per heavy atom. The first-order valence-corrected chi connectivity index (χ1v) is 8.24. The lowest BCUT2D eigenvalue weighted by atomic mass is 10.1. The molecule has 0 atom stereocenters. The largest absolute Gasteiger partial charge is 0.480 e. The van der Waals surface area contributed by atoms with Gasteiger partial charge < -0.3 is 10.0 Å². The van der Waals surface area contributed by atoms with Crippen molar-refractivity contribution >= 4 is 17.6 Å². The molecule has 0 saturated heterocycles. The molecule has 0 aromatic heterocycles. The van der Waals surface area contributed by atoms with Gasteiger partial charge in [-0.25, -0.2) is 0 Å². The maximum absolute atomic E-state index is 12.7. The molecule has 2 aromatic rings. The van der Waals surface area contributed by atoms with E-state index in [1.807, 2.05) is 30.3 Å². The number of carbonyl (C=O) groups is 2. The summed E-state index contributed by atoms with van der Waals surface area (Å²) in [7, 11) is 0. The summed E-state index contributed by atoms with van der Waals surface area (Å²) in [6.07, 6.45) is 0.965. The molecule has 0 aliphatic carbocycles. The predicted octanol–water partition coefficient (Wildman–Crippen LogP) is 2.93. The van der Waals surface area contributed by atoms with Gasteiger partial charge in [-0.15, -0.1) is 0 Å². The maximum Gasteiger partial charge on any atom is 0.323 e. The van der Waals surface area contributed by atoms with Crippen LogP contribution in [-0.2, 0) is 17.6 Å². The van der Waals surface area contributed by atoms with E-state index in [0.29, 0.717) is 18.4 Å².